The Kier molecular flexibility index (Phi) is 56.4. The number of rotatable bonds is 62. The van der Waals surface area contributed by atoms with Gasteiger partial charge in [0, 0.05) is 6.42 Å². The molecule has 8 nitrogen and oxygen atoms in total. The van der Waals surface area contributed by atoms with E-state index < -0.39 is 20.0 Å². The molecule has 0 aliphatic heterocycles. The number of carbonyl (C=O) groups is 1. The maximum absolute atomic E-state index is 13.0. The maximum Gasteiger partial charge on any atom is 0.472 e. The number of hydrogen-bond donors (Lipinski definition) is 3. The van der Waals surface area contributed by atoms with Gasteiger partial charge in [-0.05, 0) is 19.3 Å². The monoisotopic (exact) mass is 1070 g/mol. The highest BCUT2D eigenvalue weighted by Gasteiger charge is 2.28. The number of unbranched alkanes of at least 4 members (excludes halogenated alkanes) is 49. The van der Waals surface area contributed by atoms with Gasteiger partial charge in [-0.25, -0.2) is 4.57 Å². The molecule has 9 heteroatoms. The number of aliphatic hydroxyl groups excluding tert-OH is 1. The van der Waals surface area contributed by atoms with Crippen LogP contribution in [0.2, 0.25) is 0 Å². The van der Waals surface area contributed by atoms with Crippen LogP contribution in [0.15, 0.2) is 12.2 Å². The minimum atomic E-state index is -4.35. The van der Waals surface area contributed by atoms with E-state index in [-0.39, 0.29) is 19.1 Å². The fourth-order valence-corrected chi connectivity index (χ4v) is 11.1. The number of hydrogen-bond acceptors (Lipinski definition) is 5. The molecule has 74 heavy (non-hydrogen) atoms. The van der Waals surface area contributed by atoms with Crippen LogP contribution in [0.25, 0.3) is 0 Å². The molecule has 0 heterocycles. The van der Waals surface area contributed by atoms with Crippen molar-refractivity contribution < 1.29 is 32.9 Å². The Morgan fingerprint density at radius 3 is 1.00 bits per heavy atom. The van der Waals surface area contributed by atoms with Crippen LogP contribution in [-0.2, 0) is 18.4 Å². The number of amides is 1. The first kappa shape index (κ1) is 73.2. The molecule has 0 aliphatic rings. The van der Waals surface area contributed by atoms with Crippen molar-refractivity contribution in [2.24, 2.45) is 0 Å². The summed E-state index contributed by atoms with van der Waals surface area (Å²) in [6, 6.07) is -0.843. The van der Waals surface area contributed by atoms with Gasteiger partial charge in [0.2, 0.25) is 5.91 Å². The molecule has 3 unspecified atom stereocenters. The predicted octanol–water partition coefficient (Wildman–Crippen LogP) is 20.6. The van der Waals surface area contributed by atoms with Crippen LogP contribution in [0.4, 0.5) is 0 Å². The van der Waals surface area contributed by atoms with Gasteiger partial charge in [0.15, 0.2) is 0 Å². The minimum Gasteiger partial charge on any atom is -0.387 e. The van der Waals surface area contributed by atoms with Crippen LogP contribution in [0, 0.1) is 0 Å². The van der Waals surface area contributed by atoms with Crippen molar-refractivity contribution in [3.05, 3.63) is 12.2 Å². The van der Waals surface area contributed by atoms with Crippen LogP contribution in [0.5, 0.6) is 0 Å². The standard InChI is InChI=1S/C65H131N2O6P/c1-6-8-10-12-14-16-18-20-22-24-26-28-30-32-34-36-38-40-42-44-46-48-50-52-54-56-58-64(68)63(62-73-74(70,71)72-61-60-67(3,4)5)66-65(69)59-57-55-53-51-49-47-45-43-41-39-37-35-33-31-29-27-25-23-21-19-17-15-13-11-9-7-2/h56,58,63-64,68H,6-55,57,59-62H2,1-5H3,(H-,66,69,70,71)/p+1/b58-56+. The van der Waals surface area contributed by atoms with Crippen LogP contribution in [0.3, 0.4) is 0 Å². The minimum absolute atomic E-state index is 0.0654. The van der Waals surface area contributed by atoms with Crippen molar-refractivity contribution in [3.8, 4) is 0 Å². The zero-order valence-corrected chi connectivity index (χ0v) is 51.5. The van der Waals surface area contributed by atoms with Crippen molar-refractivity contribution in [2.45, 2.75) is 360 Å². The predicted molar refractivity (Wildman–Crippen MR) is 323 cm³/mol. The summed E-state index contributed by atoms with van der Waals surface area (Å²) in [5, 5.41) is 14.0. The molecular formula is C65H132N2O6P+. The SMILES string of the molecule is CCCCCCCCCCCCCCCCCCCCCCCCCC/C=C/C(O)C(COP(=O)(O)OCC[N+](C)(C)C)NC(=O)CCCCCCCCCCCCCCCCCCCCCCCCCCCC. The highest BCUT2D eigenvalue weighted by Crippen LogP contribution is 2.43. The third-order valence-electron chi connectivity index (χ3n) is 15.5. The molecule has 3 atom stereocenters. The van der Waals surface area contributed by atoms with E-state index in [2.05, 4.69) is 19.2 Å². The number of nitrogens with zero attached hydrogens (tertiary/aromatic N) is 1. The zero-order chi connectivity index (χ0) is 54.2. The summed E-state index contributed by atoms with van der Waals surface area (Å²) in [4.78, 5) is 23.4. The van der Waals surface area contributed by atoms with Crippen molar-refractivity contribution >= 4 is 13.7 Å². The summed E-state index contributed by atoms with van der Waals surface area (Å²) in [5.41, 5.74) is 0. The normalized spacial score (nSPS) is 13.8. The molecule has 0 bridgehead atoms. The second-order valence-corrected chi connectivity index (χ2v) is 25.7. The second-order valence-electron chi connectivity index (χ2n) is 24.2. The van der Waals surface area contributed by atoms with E-state index in [1.165, 1.54) is 295 Å². The first-order valence-corrected chi connectivity index (χ1v) is 34.6. The van der Waals surface area contributed by atoms with E-state index >= 15 is 0 Å². The molecule has 0 aromatic rings. The third-order valence-corrected chi connectivity index (χ3v) is 16.5. The van der Waals surface area contributed by atoms with Gasteiger partial charge in [-0.1, -0.05) is 334 Å². The average molecular weight is 1070 g/mol. The quantitative estimate of drug-likeness (QED) is 0.0243. The van der Waals surface area contributed by atoms with E-state index in [1.807, 2.05) is 27.2 Å². The summed E-state index contributed by atoms with van der Waals surface area (Å²) < 4.78 is 23.8. The smallest absolute Gasteiger partial charge is 0.387 e. The number of quaternary nitrogens is 1. The number of likely N-dealkylation sites (N-methyl/N-ethyl adjacent to an activating group) is 1. The van der Waals surface area contributed by atoms with Gasteiger partial charge in [0.1, 0.15) is 13.2 Å². The first-order valence-electron chi connectivity index (χ1n) is 33.1. The topological polar surface area (TPSA) is 105 Å². The lowest BCUT2D eigenvalue weighted by atomic mass is 10.0. The first-order chi connectivity index (χ1) is 36.0. The number of aliphatic hydroxyl groups is 1. The van der Waals surface area contributed by atoms with Crippen molar-refractivity contribution in [1.29, 1.82) is 0 Å². The fraction of sp³-hybridized carbons (Fsp3) is 0.954. The van der Waals surface area contributed by atoms with Gasteiger partial charge in [-0.15, -0.1) is 0 Å². The summed E-state index contributed by atoms with van der Waals surface area (Å²) >= 11 is 0. The van der Waals surface area contributed by atoms with Gasteiger partial charge in [-0.3, -0.25) is 13.8 Å². The van der Waals surface area contributed by atoms with E-state index in [9.17, 15) is 19.4 Å². The van der Waals surface area contributed by atoms with Gasteiger partial charge >= 0.3 is 7.82 Å². The maximum atomic E-state index is 13.0. The Balaban J connectivity index is 4.08. The Bertz CT molecular complexity index is 1210. The molecule has 1 amide bonds. The molecule has 0 aliphatic carbocycles. The number of phosphoric ester groups is 1. The lowest BCUT2D eigenvalue weighted by Gasteiger charge is -2.25. The van der Waals surface area contributed by atoms with E-state index in [0.717, 1.165) is 32.1 Å². The molecule has 0 fully saturated rings. The summed E-state index contributed by atoms with van der Waals surface area (Å²) in [7, 11) is 1.59. The Hall–Kier alpha value is -0.760. The highest BCUT2D eigenvalue weighted by molar-refractivity contribution is 7.47. The second kappa shape index (κ2) is 56.9. The highest BCUT2D eigenvalue weighted by atomic mass is 31.2. The van der Waals surface area contributed by atoms with Gasteiger partial charge in [-0.2, -0.15) is 0 Å². The summed E-state index contributed by atoms with van der Waals surface area (Å²) in [5.74, 6) is -0.167. The molecule has 3 N–H and O–H groups in total. The van der Waals surface area contributed by atoms with Gasteiger partial charge in [0.05, 0.1) is 39.9 Å². The Morgan fingerprint density at radius 2 is 0.716 bits per heavy atom. The van der Waals surface area contributed by atoms with Crippen molar-refractivity contribution in [2.75, 3.05) is 40.9 Å². The van der Waals surface area contributed by atoms with Crippen molar-refractivity contribution in [3.63, 3.8) is 0 Å². The summed E-state index contributed by atoms with van der Waals surface area (Å²) in [6.07, 6.45) is 72.0. The largest absolute Gasteiger partial charge is 0.472 e. The number of carbonyl (C=O) groups excluding carboxylic acids is 1. The molecule has 0 radical (unpaired) electrons. The van der Waals surface area contributed by atoms with E-state index in [0.29, 0.717) is 17.4 Å². The molecule has 0 aromatic carbocycles. The van der Waals surface area contributed by atoms with E-state index in [1.54, 1.807) is 6.08 Å². The molecular weight excluding hydrogens is 936 g/mol. The lowest BCUT2D eigenvalue weighted by Crippen LogP contribution is -2.45. The Morgan fingerprint density at radius 1 is 0.446 bits per heavy atom. The van der Waals surface area contributed by atoms with Crippen LogP contribution < -0.4 is 5.32 Å². The molecule has 0 saturated carbocycles. The summed E-state index contributed by atoms with van der Waals surface area (Å²) in [6.45, 7) is 4.89. The third kappa shape index (κ3) is 58.9. The van der Waals surface area contributed by atoms with Crippen molar-refractivity contribution in [1.82, 2.24) is 5.32 Å². The molecule has 0 saturated heterocycles. The number of allylic oxidation sites excluding steroid dienone is 1. The molecule has 0 spiro atoms. The van der Waals surface area contributed by atoms with Crippen LogP contribution in [-0.4, -0.2) is 73.4 Å². The van der Waals surface area contributed by atoms with Gasteiger partial charge in [0.25, 0.3) is 0 Å². The van der Waals surface area contributed by atoms with Crippen LogP contribution in [0.1, 0.15) is 348 Å². The fourth-order valence-electron chi connectivity index (χ4n) is 10.3. The van der Waals surface area contributed by atoms with Gasteiger partial charge < -0.3 is 19.8 Å². The molecule has 0 rings (SSSR count). The molecule has 442 valence electrons. The lowest BCUT2D eigenvalue weighted by molar-refractivity contribution is -0.870. The average Bonchev–Trinajstić information content (AvgIpc) is 3.36. The Labute approximate surface area is 462 Å². The zero-order valence-electron chi connectivity index (χ0n) is 50.6. The van der Waals surface area contributed by atoms with E-state index in [4.69, 9.17) is 9.05 Å². The molecule has 0 aromatic heterocycles. The number of nitrogens with one attached hydrogen (secondary N) is 1. The van der Waals surface area contributed by atoms with Crippen LogP contribution >= 0.6 is 7.82 Å². The number of phosphoric acid groups is 1.